The minimum absolute atomic E-state index is 0.279. The van der Waals surface area contributed by atoms with E-state index in [1.54, 1.807) is 30.3 Å². The normalized spacial score (nSPS) is 20.0. The Morgan fingerprint density at radius 2 is 1.77 bits per heavy atom. The fourth-order valence-corrected chi connectivity index (χ4v) is 2.54. The number of para-hydroxylation sites is 1. The first-order valence-corrected chi connectivity index (χ1v) is 6.99. The van der Waals surface area contributed by atoms with Gasteiger partial charge in [-0.25, -0.2) is 0 Å². The zero-order valence-electron chi connectivity index (χ0n) is 11.8. The summed E-state index contributed by atoms with van der Waals surface area (Å²) in [6, 6.07) is 16.2. The Kier molecular flexibility index (Phi) is 3.61. The number of ketones is 1. The Bertz CT molecular complexity index is 752. The first-order valence-electron chi connectivity index (χ1n) is 6.99. The lowest BCUT2D eigenvalue weighted by atomic mass is 9.90. The van der Waals surface area contributed by atoms with Crippen molar-refractivity contribution in [2.75, 3.05) is 5.32 Å². The molecule has 2 N–H and O–H groups in total. The van der Waals surface area contributed by atoms with Gasteiger partial charge in [0.2, 0.25) is 0 Å². The summed E-state index contributed by atoms with van der Waals surface area (Å²) in [5.41, 5.74) is 0.0877. The molecular weight excluding hydrogens is 278 g/mol. The van der Waals surface area contributed by atoms with Gasteiger partial charge in [0.05, 0.1) is 6.42 Å². The van der Waals surface area contributed by atoms with Gasteiger partial charge >= 0.3 is 0 Å². The molecule has 4 heteroatoms. The van der Waals surface area contributed by atoms with Crippen molar-refractivity contribution in [1.29, 1.82) is 0 Å². The Balaban J connectivity index is 1.79. The average molecular weight is 293 g/mol. The molecule has 2 aromatic rings. The molecule has 0 bridgehead atoms. The zero-order chi connectivity index (χ0) is 15.6. The van der Waals surface area contributed by atoms with Gasteiger partial charge in [-0.3, -0.25) is 9.59 Å². The Morgan fingerprint density at radius 1 is 1.09 bits per heavy atom. The first kappa shape index (κ1) is 14.2. The quantitative estimate of drug-likeness (QED) is 0.851. The first-order chi connectivity index (χ1) is 10.6. The van der Waals surface area contributed by atoms with E-state index in [0.717, 1.165) is 5.56 Å². The second-order valence-corrected chi connectivity index (χ2v) is 5.25. The van der Waals surface area contributed by atoms with Crippen LogP contribution in [0.15, 0.2) is 60.7 Å². The highest BCUT2D eigenvalue weighted by atomic mass is 16.3. The van der Waals surface area contributed by atoms with Crippen LogP contribution in [0.1, 0.15) is 17.5 Å². The summed E-state index contributed by atoms with van der Waals surface area (Å²) >= 11 is 0. The van der Waals surface area contributed by atoms with E-state index in [-0.39, 0.29) is 12.2 Å². The van der Waals surface area contributed by atoms with Crippen molar-refractivity contribution >= 4 is 23.5 Å². The van der Waals surface area contributed by atoms with E-state index in [1.807, 2.05) is 30.3 Å². The molecule has 0 unspecified atom stereocenters. The van der Waals surface area contributed by atoms with Gasteiger partial charge in [0.15, 0.2) is 11.4 Å². The number of fused-ring (bicyclic) bond motifs is 1. The maximum absolute atomic E-state index is 12.1. The van der Waals surface area contributed by atoms with Crippen molar-refractivity contribution in [3.63, 3.8) is 0 Å². The summed E-state index contributed by atoms with van der Waals surface area (Å²) in [7, 11) is 0. The Hall–Kier alpha value is -2.72. The number of nitrogens with one attached hydrogen (secondary N) is 1. The minimum Gasteiger partial charge on any atom is -0.375 e. The number of carbonyl (C=O) groups is 2. The zero-order valence-corrected chi connectivity index (χ0v) is 11.8. The molecule has 0 aromatic heterocycles. The maximum atomic E-state index is 12.1. The minimum atomic E-state index is -1.80. The van der Waals surface area contributed by atoms with Gasteiger partial charge in [-0.05, 0) is 17.7 Å². The molecule has 0 saturated heterocycles. The molecule has 1 atom stereocenters. The molecule has 110 valence electrons. The Morgan fingerprint density at radius 3 is 2.55 bits per heavy atom. The average Bonchev–Trinajstić information content (AvgIpc) is 2.78. The highest BCUT2D eigenvalue weighted by Gasteiger charge is 2.46. The summed E-state index contributed by atoms with van der Waals surface area (Å²) in [6.07, 6.45) is 2.78. The fraction of sp³-hybridized carbons (Fsp3) is 0.111. The molecule has 22 heavy (non-hydrogen) atoms. The van der Waals surface area contributed by atoms with E-state index in [1.165, 1.54) is 6.08 Å². The second kappa shape index (κ2) is 5.58. The third-order valence-corrected chi connectivity index (χ3v) is 3.69. The summed E-state index contributed by atoms with van der Waals surface area (Å²) in [4.78, 5) is 24.1. The topological polar surface area (TPSA) is 66.4 Å². The van der Waals surface area contributed by atoms with E-state index in [0.29, 0.717) is 11.3 Å². The molecular formula is C18H15NO3. The van der Waals surface area contributed by atoms with Crippen LogP contribution in [-0.4, -0.2) is 16.8 Å². The number of hydrogen-bond donors (Lipinski definition) is 2. The molecule has 2 aromatic carbocycles. The van der Waals surface area contributed by atoms with Crippen LogP contribution in [0.3, 0.4) is 0 Å². The predicted octanol–water partition coefficient (Wildman–Crippen LogP) is 2.50. The van der Waals surface area contributed by atoms with Gasteiger partial charge < -0.3 is 10.4 Å². The van der Waals surface area contributed by atoms with Crippen LogP contribution < -0.4 is 5.32 Å². The lowest BCUT2D eigenvalue weighted by molar-refractivity contribution is -0.138. The Labute approximate surface area is 128 Å². The maximum Gasteiger partial charge on any atom is 0.261 e. The van der Waals surface area contributed by atoms with Crippen LogP contribution in [0, 0.1) is 0 Å². The fourth-order valence-electron chi connectivity index (χ4n) is 2.54. The standard InChI is InChI=1S/C18H15NO3/c20-14(11-10-13-6-2-1-3-7-13)12-18(22)15-8-4-5-9-16(15)19-17(18)21/h1-11,22H,12H2,(H,19,21)/b11-10-/t18-/m0/s1. The summed E-state index contributed by atoms with van der Waals surface area (Å²) in [5, 5.41) is 13.2. The van der Waals surface area contributed by atoms with Crippen molar-refractivity contribution in [1.82, 2.24) is 0 Å². The molecule has 0 fully saturated rings. The molecule has 0 spiro atoms. The van der Waals surface area contributed by atoms with E-state index in [4.69, 9.17) is 0 Å². The van der Waals surface area contributed by atoms with E-state index >= 15 is 0 Å². The largest absolute Gasteiger partial charge is 0.375 e. The summed E-state index contributed by atoms with van der Waals surface area (Å²) in [6.45, 7) is 0. The molecule has 3 rings (SSSR count). The van der Waals surface area contributed by atoms with E-state index in [2.05, 4.69) is 5.32 Å². The van der Waals surface area contributed by atoms with Crippen molar-refractivity contribution in [2.24, 2.45) is 0 Å². The van der Waals surface area contributed by atoms with Crippen LogP contribution in [0.5, 0.6) is 0 Å². The molecule has 1 amide bonds. The highest BCUT2D eigenvalue weighted by molar-refractivity contribution is 6.08. The highest BCUT2D eigenvalue weighted by Crippen LogP contribution is 2.38. The van der Waals surface area contributed by atoms with Gasteiger partial charge in [-0.1, -0.05) is 54.6 Å². The lowest BCUT2D eigenvalue weighted by Crippen LogP contribution is -2.36. The van der Waals surface area contributed by atoms with Crippen molar-refractivity contribution in [3.8, 4) is 0 Å². The van der Waals surface area contributed by atoms with Crippen LogP contribution in [0.25, 0.3) is 6.08 Å². The molecule has 1 heterocycles. The summed E-state index contributed by atoms with van der Waals surface area (Å²) in [5.74, 6) is -0.867. The molecule has 0 radical (unpaired) electrons. The van der Waals surface area contributed by atoms with Gasteiger partial charge in [-0.15, -0.1) is 0 Å². The SMILES string of the molecule is O=C(/C=C\c1ccccc1)C[C@@]1(O)C(=O)Nc2ccccc21. The van der Waals surface area contributed by atoms with E-state index < -0.39 is 11.5 Å². The van der Waals surface area contributed by atoms with Crippen LogP contribution in [0.2, 0.25) is 0 Å². The van der Waals surface area contributed by atoms with Crippen molar-refractivity contribution in [3.05, 3.63) is 71.8 Å². The number of benzene rings is 2. The molecule has 1 aliphatic rings. The van der Waals surface area contributed by atoms with Crippen molar-refractivity contribution in [2.45, 2.75) is 12.0 Å². The number of hydrogen-bond acceptors (Lipinski definition) is 3. The number of amides is 1. The van der Waals surface area contributed by atoms with Gasteiger partial charge in [0.25, 0.3) is 5.91 Å². The lowest BCUT2D eigenvalue weighted by Gasteiger charge is -2.18. The second-order valence-electron chi connectivity index (χ2n) is 5.25. The number of rotatable bonds is 4. The van der Waals surface area contributed by atoms with Crippen LogP contribution in [0.4, 0.5) is 5.69 Å². The van der Waals surface area contributed by atoms with E-state index in [9.17, 15) is 14.7 Å². The third kappa shape index (κ3) is 2.56. The van der Waals surface area contributed by atoms with Crippen LogP contribution >= 0.6 is 0 Å². The third-order valence-electron chi connectivity index (χ3n) is 3.69. The smallest absolute Gasteiger partial charge is 0.261 e. The summed E-state index contributed by atoms with van der Waals surface area (Å²) < 4.78 is 0. The molecule has 0 aliphatic carbocycles. The molecule has 1 aliphatic heterocycles. The molecule has 0 saturated carbocycles. The number of carbonyl (C=O) groups excluding carboxylic acids is 2. The monoisotopic (exact) mass is 293 g/mol. The number of allylic oxidation sites excluding steroid dienone is 1. The van der Waals surface area contributed by atoms with Crippen molar-refractivity contribution < 1.29 is 14.7 Å². The van der Waals surface area contributed by atoms with Crippen LogP contribution in [-0.2, 0) is 15.2 Å². The molecule has 4 nitrogen and oxygen atoms in total. The van der Waals surface area contributed by atoms with Gasteiger partial charge in [-0.2, -0.15) is 0 Å². The predicted molar refractivity (Wildman–Crippen MR) is 84.1 cm³/mol. The number of anilines is 1. The number of aliphatic hydroxyl groups is 1. The van der Waals surface area contributed by atoms with Gasteiger partial charge in [0, 0.05) is 11.3 Å². The van der Waals surface area contributed by atoms with Gasteiger partial charge in [0.1, 0.15) is 0 Å².